The van der Waals surface area contributed by atoms with E-state index in [9.17, 15) is 9.90 Å². The molecule has 1 fully saturated rings. The Bertz CT molecular complexity index is 283. The van der Waals surface area contributed by atoms with Crippen LogP contribution in [-0.4, -0.2) is 67.6 Å². The molecule has 1 aliphatic heterocycles. The summed E-state index contributed by atoms with van der Waals surface area (Å²) in [5.41, 5.74) is 4.25. The van der Waals surface area contributed by atoms with Crippen molar-refractivity contribution in [1.82, 2.24) is 4.90 Å². The Morgan fingerprint density at radius 2 is 2.22 bits per heavy atom. The number of hydrogen-bond acceptors (Lipinski definition) is 6. The Balaban J connectivity index is 2.63. The van der Waals surface area contributed by atoms with Crippen LogP contribution in [0, 0.1) is 0 Å². The fraction of sp³-hybridized carbons (Fsp3) is 0.917. The van der Waals surface area contributed by atoms with Gasteiger partial charge in [0.1, 0.15) is 0 Å². The third-order valence-electron chi connectivity index (χ3n) is 3.53. The molecule has 1 aliphatic rings. The number of likely N-dealkylation sites (tertiary alicyclic amines) is 1. The first kappa shape index (κ1) is 15.4. The summed E-state index contributed by atoms with van der Waals surface area (Å²) in [6.07, 6.45) is 1.91. The molecule has 18 heavy (non-hydrogen) atoms. The monoisotopic (exact) mass is 260 g/mol. The third kappa shape index (κ3) is 3.65. The van der Waals surface area contributed by atoms with Crippen molar-refractivity contribution in [3.63, 3.8) is 0 Å². The number of piperidine rings is 1. The number of carbonyl (C=O) groups excluding carboxylic acids is 1. The molecule has 3 unspecified atom stereocenters. The molecule has 3 atom stereocenters. The van der Waals surface area contributed by atoms with Gasteiger partial charge >= 0.3 is 5.97 Å². The fourth-order valence-corrected chi connectivity index (χ4v) is 2.41. The number of esters is 1. The quantitative estimate of drug-likeness (QED) is 0.639. The minimum absolute atomic E-state index is 0.125. The van der Waals surface area contributed by atoms with Gasteiger partial charge in [0.2, 0.25) is 0 Å². The SMILES string of the molecule is COC(=O)C(C)(O)CN1CCC(OC)CC1CN. The predicted molar refractivity (Wildman–Crippen MR) is 67.1 cm³/mol. The molecule has 0 spiro atoms. The van der Waals surface area contributed by atoms with Crippen molar-refractivity contribution in [3.8, 4) is 0 Å². The van der Waals surface area contributed by atoms with Crippen molar-refractivity contribution < 1.29 is 19.4 Å². The van der Waals surface area contributed by atoms with Crippen molar-refractivity contribution in [2.75, 3.05) is 33.9 Å². The molecule has 1 rings (SSSR count). The largest absolute Gasteiger partial charge is 0.467 e. The molecule has 0 bridgehead atoms. The molecule has 0 aromatic carbocycles. The lowest BCUT2D eigenvalue weighted by atomic mass is 9.96. The highest BCUT2D eigenvalue weighted by Gasteiger charge is 2.37. The highest BCUT2D eigenvalue weighted by Crippen LogP contribution is 2.21. The minimum atomic E-state index is -1.50. The van der Waals surface area contributed by atoms with Crippen LogP contribution in [0.15, 0.2) is 0 Å². The number of aliphatic hydroxyl groups is 1. The number of nitrogens with zero attached hydrogens (tertiary/aromatic N) is 1. The highest BCUT2D eigenvalue weighted by atomic mass is 16.5. The van der Waals surface area contributed by atoms with Crippen LogP contribution in [0.3, 0.4) is 0 Å². The maximum Gasteiger partial charge on any atom is 0.338 e. The summed E-state index contributed by atoms with van der Waals surface area (Å²) in [4.78, 5) is 13.5. The van der Waals surface area contributed by atoms with Crippen LogP contribution >= 0.6 is 0 Å². The molecule has 0 amide bonds. The van der Waals surface area contributed by atoms with Gasteiger partial charge in [-0.25, -0.2) is 4.79 Å². The van der Waals surface area contributed by atoms with E-state index in [1.807, 2.05) is 4.90 Å². The zero-order valence-electron chi connectivity index (χ0n) is 11.4. The summed E-state index contributed by atoms with van der Waals surface area (Å²) in [5, 5.41) is 10.1. The van der Waals surface area contributed by atoms with Crippen LogP contribution in [0.25, 0.3) is 0 Å². The standard InChI is InChI=1S/C12H24N2O4/c1-12(16,11(15)18-3)8-14-5-4-10(17-2)6-9(14)7-13/h9-10,16H,4-8,13H2,1-3H3. The number of nitrogens with two attached hydrogens (primary N) is 1. The lowest BCUT2D eigenvalue weighted by Gasteiger charge is -2.40. The zero-order valence-corrected chi connectivity index (χ0v) is 11.4. The van der Waals surface area contributed by atoms with Gasteiger partial charge in [-0.2, -0.15) is 0 Å². The summed E-state index contributed by atoms with van der Waals surface area (Å²) in [6, 6.07) is 0.125. The van der Waals surface area contributed by atoms with Crippen LogP contribution in [0.5, 0.6) is 0 Å². The van der Waals surface area contributed by atoms with E-state index in [0.29, 0.717) is 6.54 Å². The van der Waals surface area contributed by atoms with Gasteiger partial charge in [0, 0.05) is 32.8 Å². The van der Waals surface area contributed by atoms with E-state index in [1.165, 1.54) is 14.0 Å². The summed E-state index contributed by atoms with van der Waals surface area (Å²) >= 11 is 0. The molecule has 6 heteroatoms. The molecule has 0 saturated carbocycles. The number of hydrogen-bond donors (Lipinski definition) is 2. The van der Waals surface area contributed by atoms with Crippen molar-refractivity contribution >= 4 is 5.97 Å². The van der Waals surface area contributed by atoms with Gasteiger partial charge in [-0.3, -0.25) is 4.90 Å². The molecular formula is C12H24N2O4. The van der Waals surface area contributed by atoms with E-state index in [0.717, 1.165) is 19.4 Å². The third-order valence-corrected chi connectivity index (χ3v) is 3.53. The average Bonchev–Trinajstić information content (AvgIpc) is 2.37. The second-order valence-corrected chi connectivity index (χ2v) is 5.01. The maximum atomic E-state index is 11.5. The van der Waals surface area contributed by atoms with Crippen molar-refractivity contribution in [3.05, 3.63) is 0 Å². The molecule has 1 heterocycles. The number of carbonyl (C=O) groups is 1. The smallest absolute Gasteiger partial charge is 0.338 e. The lowest BCUT2D eigenvalue weighted by Crippen LogP contribution is -2.55. The van der Waals surface area contributed by atoms with Crippen LogP contribution < -0.4 is 5.73 Å². The number of β-amino-alcohol motifs (C(OH)–C–C–N with tert-alkyl or cyclic N) is 1. The van der Waals surface area contributed by atoms with E-state index in [2.05, 4.69) is 4.74 Å². The van der Waals surface area contributed by atoms with Gasteiger partial charge in [-0.05, 0) is 19.8 Å². The Morgan fingerprint density at radius 1 is 1.56 bits per heavy atom. The van der Waals surface area contributed by atoms with Gasteiger partial charge in [-0.15, -0.1) is 0 Å². The molecule has 0 aromatic rings. The Labute approximate surface area is 108 Å². The zero-order chi connectivity index (χ0) is 13.8. The van der Waals surface area contributed by atoms with Gasteiger partial charge in [-0.1, -0.05) is 0 Å². The van der Waals surface area contributed by atoms with E-state index in [1.54, 1.807) is 7.11 Å². The Kier molecular flexibility index (Phi) is 5.52. The van der Waals surface area contributed by atoms with Gasteiger partial charge in [0.05, 0.1) is 13.2 Å². The molecule has 3 N–H and O–H groups in total. The minimum Gasteiger partial charge on any atom is -0.467 e. The van der Waals surface area contributed by atoms with Crippen molar-refractivity contribution in [2.24, 2.45) is 5.73 Å². The Morgan fingerprint density at radius 3 is 2.72 bits per heavy atom. The van der Waals surface area contributed by atoms with Crippen LogP contribution in [0.2, 0.25) is 0 Å². The lowest BCUT2D eigenvalue weighted by molar-refractivity contribution is -0.163. The summed E-state index contributed by atoms with van der Waals surface area (Å²) in [6.45, 7) is 2.94. The van der Waals surface area contributed by atoms with Crippen LogP contribution in [0.1, 0.15) is 19.8 Å². The first-order chi connectivity index (χ1) is 8.44. The van der Waals surface area contributed by atoms with E-state index >= 15 is 0 Å². The molecule has 1 saturated heterocycles. The summed E-state index contributed by atoms with van der Waals surface area (Å²) < 4.78 is 9.93. The maximum absolute atomic E-state index is 11.5. The van der Waals surface area contributed by atoms with Crippen molar-refractivity contribution in [1.29, 1.82) is 0 Å². The molecule has 0 aliphatic carbocycles. The number of ether oxygens (including phenoxy) is 2. The highest BCUT2D eigenvalue weighted by molar-refractivity contribution is 5.78. The first-order valence-electron chi connectivity index (χ1n) is 6.22. The van der Waals surface area contributed by atoms with Gasteiger partial charge < -0.3 is 20.3 Å². The molecule has 0 aromatic heterocycles. The fourth-order valence-electron chi connectivity index (χ4n) is 2.41. The molecular weight excluding hydrogens is 236 g/mol. The first-order valence-corrected chi connectivity index (χ1v) is 6.22. The van der Waals surface area contributed by atoms with Crippen molar-refractivity contribution in [2.45, 2.75) is 37.5 Å². The predicted octanol–water partition coefficient (Wildman–Crippen LogP) is -0.651. The molecule has 6 nitrogen and oxygen atoms in total. The Hall–Kier alpha value is -0.690. The second kappa shape index (κ2) is 6.47. The van der Waals surface area contributed by atoms with E-state index < -0.39 is 11.6 Å². The topological polar surface area (TPSA) is 85.0 Å². The second-order valence-electron chi connectivity index (χ2n) is 5.01. The van der Waals surface area contributed by atoms with Crippen LogP contribution in [0.4, 0.5) is 0 Å². The van der Waals surface area contributed by atoms with Crippen LogP contribution in [-0.2, 0) is 14.3 Å². The molecule has 0 radical (unpaired) electrons. The number of methoxy groups -OCH3 is 2. The normalized spacial score (nSPS) is 28.7. The van der Waals surface area contributed by atoms with E-state index in [-0.39, 0.29) is 18.7 Å². The number of rotatable bonds is 5. The van der Waals surface area contributed by atoms with E-state index in [4.69, 9.17) is 10.5 Å². The summed E-state index contributed by atoms with van der Waals surface area (Å²) in [7, 11) is 2.97. The average molecular weight is 260 g/mol. The van der Waals surface area contributed by atoms with Gasteiger partial charge in [0.25, 0.3) is 0 Å². The summed E-state index contributed by atoms with van der Waals surface area (Å²) in [5.74, 6) is -0.618. The molecule has 106 valence electrons. The van der Waals surface area contributed by atoms with Gasteiger partial charge in [0.15, 0.2) is 5.60 Å².